The first-order valence-electron chi connectivity index (χ1n) is 6.74. The monoisotopic (exact) mass is 267 g/mol. The molecule has 6 heteroatoms. The minimum Gasteiger partial charge on any atom is -0.437 e. The maximum absolute atomic E-state index is 13.1. The van der Waals surface area contributed by atoms with Gasteiger partial charge in [0.1, 0.15) is 11.9 Å². The zero-order valence-electron chi connectivity index (χ0n) is 11.0. The van der Waals surface area contributed by atoms with E-state index in [-0.39, 0.29) is 17.8 Å². The summed E-state index contributed by atoms with van der Waals surface area (Å²) < 4.78 is 18.6. The van der Waals surface area contributed by atoms with Crippen LogP contribution in [0.1, 0.15) is 41.4 Å². The molecule has 0 bridgehead atoms. The number of fused-ring (bicyclic) bond motifs is 1. The number of carbonyl (C=O) groups excluding carboxylic acids is 1. The minimum absolute atomic E-state index is 0.0888. The average Bonchev–Trinajstić information content (AvgIpc) is 2.95. The van der Waals surface area contributed by atoms with Gasteiger partial charge in [-0.1, -0.05) is 0 Å². The molecule has 0 unspecified atom stereocenters. The number of rotatable bonds is 2. The zero-order valence-corrected chi connectivity index (χ0v) is 11.0. The van der Waals surface area contributed by atoms with E-state index in [1.54, 1.807) is 0 Å². The van der Waals surface area contributed by atoms with E-state index >= 15 is 0 Å². The maximum atomic E-state index is 13.1. The van der Waals surface area contributed by atoms with Gasteiger partial charge >= 0.3 is 5.91 Å². The lowest BCUT2D eigenvalue weighted by atomic mass is 10.2. The molecule has 1 N–H and O–H groups in total. The minimum atomic E-state index is -0.795. The SMILES string of the molecule is CN1CCc2oc(C(=O)N[C@@H]3CC[C@@H](F)C3)nc2C1. The van der Waals surface area contributed by atoms with Gasteiger partial charge in [-0.25, -0.2) is 9.37 Å². The van der Waals surface area contributed by atoms with E-state index in [0.717, 1.165) is 24.4 Å². The van der Waals surface area contributed by atoms with Crippen LogP contribution in [0.2, 0.25) is 0 Å². The number of aromatic nitrogens is 1. The van der Waals surface area contributed by atoms with Crippen molar-refractivity contribution in [2.45, 2.75) is 44.4 Å². The quantitative estimate of drug-likeness (QED) is 0.877. The van der Waals surface area contributed by atoms with Crippen molar-refractivity contribution in [1.29, 1.82) is 0 Å². The Morgan fingerprint density at radius 1 is 1.53 bits per heavy atom. The molecule has 1 aliphatic carbocycles. The van der Waals surface area contributed by atoms with Gasteiger partial charge in [-0.2, -0.15) is 0 Å². The summed E-state index contributed by atoms with van der Waals surface area (Å²) in [4.78, 5) is 18.4. The van der Waals surface area contributed by atoms with Crippen molar-refractivity contribution >= 4 is 5.91 Å². The summed E-state index contributed by atoms with van der Waals surface area (Å²) in [6.07, 6.45) is 1.60. The molecule has 1 fully saturated rings. The Morgan fingerprint density at radius 3 is 3.11 bits per heavy atom. The first-order valence-corrected chi connectivity index (χ1v) is 6.74. The second kappa shape index (κ2) is 4.92. The van der Waals surface area contributed by atoms with Crippen LogP contribution in [0.3, 0.4) is 0 Å². The molecule has 1 aromatic rings. The summed E-state index contributed by atoms with van der Waals surface area (Å²) in [5, 5.41) is 2.80. The third-order valence-electron chi connectivity index (χ3n) is 3.82. The number of nitrogens with zero attached hydrogens (tertiary/aromatic N) is 2. The Morgan fingerprint density at radius 2 is 2.37 bits per heavy atom. The van der Waals surface area contributed by atoms with E-state index in [1.807, 2.05) is 7.05 Å². The molecular weight excluding hydrogens is 249 g/mol. The number of likely N-dealkylation sites (N-methyl/N-ethyl adjacent to an activating group) is 1. The van der Waals surface area contributed by atoms with Crippen molar-refractivity contribution in [2.24, 2.45) is 0 Å². The summed E-state index contributed by atoms with van der Waals surface area (Å²) in [7, 11) is 2.01. The van der Waals surface area contributed by atoms with Crippen LogP contribution in [0.15, 0.2) is 4.42 Å². The zero-order chi connectivity index (χ0) is 13.4. The number of alkyl halides is 1. The van der Waals surface area contributed by atoms with Gasteiger partial charge in [0.05, 0.1) is 5.69 Å². The van der Waals surface area contributed by atoms with Gasteiger partial charge in [-0.3, -0.25) is 9.69 Å². The number of amides is 1. The molecule has 2 atom stereocenters. The summed E-state index contributed by atoms with van der Waals surface area (Å²) >= 11 is 0. The highest BCUT2D eigenvalue weighted by molar-refractivity contribution is 5.89. The van der Waals surface area contributed by atoms with Crippen LogP contribution < -0.4 is 5.32 Å². The highest BCUT2D eigenvalue weighted by Gasteiger charge is 2.28. The van der Waals surface area contributed by atoms with E-state index in [4.69, 9.17) is 4.42 Å². The number of oxazole rings is 1. The molecule has 104 valence electrons. The molecule has 0 saturated heterocycles. The number of hydrogen-bond acceptors (Lipinski definition) is 4. The molecule has 5 nitrogen and oxygen atoms in total. The summed E-state index contributed by atoms with van der Waals surface area (Å²) in [5.74, 6) is 0.594. The Kier molecular flexibility index (Phi) is 3.26. The van der Waals surface area contributed by atoms with Crippen LogP contribution in [0.25, 0.3) is 0 Å². The fraction of sp³-hybridized carbons (Fsp3) is 0.692. The lowest BCUT2D eigenvalue weighted by molar-refractivity contribution is 0.0899. The van der Waals surface area contributed by atoms with E-state index < -0.39 is 6.17 Å². The second-order valence-corrected chi connectivity index (χ2v) is 5.46. The van der Waals surface area contributed by atoms with Crippen LogP contribution in [0, 0.1) is 0 Å². The van der Waals surface area contributed by atoms with Crippen LogP contribution in [0.4, 0.5) is 4.39 Å². The molecular formula is C13H18FN3O2. The highest BCUT2D eigenvalue weighted by atomic mass is 19.1. The smallest absolute Gasteiger partial charge is 0.307 e. The molecule has 2 aliphatic rings. The van der Waals surface area contributed by atoms with Crippen molar-refractivity contribution in [3.05, 3.63) is 17.3 Å². The Bertz CT molecular complexity index is 488. The molecule has 19 heavy (non-hydrogen) atoms. The molecule has 1 aromatic heterocycles. The van der Waals surface area contributed by atoms with Gasteiger partial charge in [0.25, 0.3) is 5.89 Å². The largest absolute Gasteiger partial charge is 0.437 e. The number of nitrogens with one attached hydrogen (secondary N) is 1. The van der Waals surface area contributed by atoms with E-state index in [0.29, 0.717) is 25.8 Å². The maximum Gasteiger partial charge on any atom is 0.307 e. The second-order valence-electron chi connectivity index (χ2n) is 5.46. The Balaban J connectivity index is 1.67. The van der Waals surface area contributed by atoms with Crippen molar-refractivity contribution in [1.82, 2.24) is 15.2 Å². The van der Waals surface area contributed by atoms with Crippen LogP contribution in [0.5, 0.6) is 0 Å². The number of halogens is 1. The number of carbonyl (C=O) groups is 1. The van der Waals surface area contributed by atoms with Gasteiger partial charge in [-0.05, 0) is 26.3 Å². The Labute approximate surface area is 111 Å². The van der Waals surface area contributed by atoms with E-state index in [1.165, 1.54) is 0 Å². The lowest BCUT2D eigenvalue weighted by Gasteiger charge is -2.19. The predicted molar refractivity (Wildman–Crippen MR) is 66.5 cm³/mol. The van der Waals surface area contributed by atoms with Gasteiger partial charge in [0.2, 0.25) is 0 Å². The highest BCUT2D eigenvalue weighted by Crippen LogP contribution is 2.23. The topological polar surface area (TPSA) is 58.4 Å². The first-order chi connectivity index (χ1) is 9.11. The number of hydrogen-bond donors (Lipinski definition) is 1. The van der Waals surface area contributed by atoms with E-state index in [9.17, 15) is 9.18 Å². The van der Waals surface area contributed by atoms with Crippen LogP contribution in [-0.4, -0.2) is 41.6 Å². The lowest BCUT2D eigenvalue weighted by Crippen LogP contribution is -2.33. The molecule has 0 aromatic carbocycles. The average molecular weight is 267 g/mol. The van der Waals surface area contributed by atoms with Gasteiger partial charge in [0, 0.05) is 25.6 Å². The third kappa shape index (κ3) is 2.63. The third-order valence-corrected chi connectivity index (χ3v) is 3.82. The van der Waals surface area contributed by atoms with Crippen molar-refractivity contribution < 1.29 is 13.6 Å². The standard InChI is InChI=1S/C13H18FN3O2/c1-17-5-4-11-10(7-17)16-13(19-11)12(18)15-9-3-2-8(14)6-9/h8-9H,2-7H2,1H3,(H,15,18)/t8-,9-/m1/s1. The van der Waals surface area contributed by atoms with Crippen LogP contribution in [-0.2, 0) is 13.0 Å². The summed E-state index contributed by atoms with van der Waals surface area (Å²) in [6, 6.07) is -0.0888. The fourth-order valence-electron chi connectivity index (χ4n) is 2.73. The normalized spacial score (nSPS) is 27.3. The summed E-state index contributed by atoms with van der Waals surface area (Å²) in [5.41, 5.74) is 0.841. The molecule has 0 radical (unpaired) electrons. The Hall–Kier alpha value is -1.43. The van der Waals surface area contributed by atoms with Crippen molar-refractivity contribution in [3.8, 4) is 0 Å². The van der Waals surface area contributed by atoms with Crippen molar-refractivity contribution in [2.75, 3.05) is 13.6 Å². The van der Waals surface area contributed by atoms with Gasteiger partial charge in [-0.15, -0.1) is 0 Å². The molecule has 1 saturated carbocycles. The first kappa shape index (κ1) is 12.6. The van der Waals surface area contributed by atoms with E-state index in [2.05, 4.69) is 15.2 Å². The molecule has 2 heterocycles. The summed E-state index contributed by atoms with van der Waals surface area (Å²) in [6.45, 7) is 1.62. The molecule has 1 aliphatic heterocycles. The molecule has 1 amide bonds. The van der Waals surface area contributed by atoms with Gasteiger partial charge < -0.3 is 9.73 Å². The predicted octanol–water partition coefficient (Wildman–Crippen LogP) is 1.28. The fourth-order valence-corrected chi connectivity index (χ4v) is 2.73. The van der Waals surface area contributed by atoms with Gasteiger partial charge in [0.15, 0.2) is 0 Å². The van der Waals surface area contributed by atoms with Crippen molar-refractivity contribution in [3.63, 3.8) is 0 Å². The molecule has 0 spiro atoms. The van der Waals surface area contributed by atoms with Crippen LogP contribution >= 0.6 is 0 Å². The molecule has 3 rings (SSSR count).